The SMILES string of the molecule is CC(C)[C@H](NC(=O)[C@H](CO)NC(=O)[C@H](CO)NC(=O)[C@H](CCCN=C(N)N)NC(=O)[C@H](Cc1cnc[nH]1)NC(=O)[C@@H](NC(=O)[C@@H](N)CS)[C@@H](C)O)C(=O)N[C@H](C(=O)N[C@@H](CS)C(=O)O)C(C)C. The molecule has 19 N–H and O–H groups in total. The number of H-pyrrole nitrogens is 1. The summed E-state index contributed by atoms with van der Waals surface area (Å²) < 4.78 is 0. The van der Waals surface area contributed by atoms with E-state index in [2.05, 4.69) is 82.8 Å². The number of rotatable bonds is 30. The van der Waals surface area contributed by atoms with Gasteiger partial charge in [0.05, 0.1) is 31.7 Å². The fourth-order valence-electron chi connectivity index (χ4n) is 5.83. The second-order valence-corrected chi connectivity index (χ2v) is 16.6. The second-order valence-electron chi connectivity index (χ2n) is 15.9. The standard InChI is InChI=1S/C38H66N14O13S2/c1-16(2)26(34(61)49-25(14-67)37(64)65)51-35(62)27(17(3)4)50-33(60)24(12-54)48-32(59)23(11-53)47-30(57)21(7-6-8-43-38(40)41)45-31(58)22(9-19-10-42-15-44-19)46-36(63)28(18(5)55)52-29(56)20(39)13-66/h10,15-18,20-28,53-55,66-67H,6-9,11-14,39H2,1-5H3,(H,42,44)(H,45,58)(H,46,63)(H,47,57)(H,48,59)(H,49,61)(H,50,60)(H,51,62)(H,52,56)(H,64,65)(H4,40,41,43)/t18-,20+,21+,22+,23+,24+,25+,26+,27+,28+/m1/s1. The van der Waals surface area contributed by atoms with Crippen LogP contribution in [0, 0.1) is 11.8 Å². The van der Waals surface area contributed by atoms with Crippen LogP contribution in [0.25, 0.3) is 0 Å². The summed E-state index contributed by atoms with van der Waals surface area (Å²) in [7, 11) is 0. The molecule has 0 saturated carbocycles. The Hall–Kier alpha value is -5.75. The monoisotopic (exact) mass is 990 g/mol. The molecule has 0 aliphatic heterocycles. The number of imidazole rings is 1. The Morgan fingerprint density at radius 3 is 1.52 bits per heavy atom. The van der Waals surface area contributed by atoms with E-state index in [1.807, 2.05) is 0 Å². The van der Waals surface area contributed by atoms with Crippen molar-refractivity contribution in [2.75, 3.05) is 31.3 Å². The van der Waals surface area contributed by atoms with Crippen molar-refractivity contribution in [3.63, 3.8) is 0 Å². The van der Waals surface area contributed by atoms with Gasteiger partial charge >= 0.3 is 5.97 Å². The van der Waals surface area contributed by atoms with Gasteiger partial charge in [0.2, 0.25) is 47.3 Å². The van der Waals surface area contributed by atoms with Crippen LogP contribution in [0.3, 0.4) is 0 Å². The number of aliphatic hydroxyl groups excluding tert-OH is 3. The van der Waals surface area contributed by atoms with Crippen LogP contribution in [-0.4, -0.2) is 181 Å². The van der Waals surface area contributed by atoms with Gasteiger partial charge in [-0.05, 0) is 31.6 Å². The van der Waals surface area contributed by atoms with Crippen LogP contribution < -0.4 is 59.7 Å². The fourth-order valence-corrected chi connectivity index (χ4v) is 6.24. The Morgan fingerprint density at radius 1 is 0.642 bits per heavy atom. The number of nitrogens with zero attached hydrogens (tertiary/aromatic N) is 2. The van der Waals surface area contributed by atoms with Gasteiger partial charge in [-0.15, -0.1) is 0 Å². The molecule has 67 heavy (non-hydrogen) atoms. The molecule has 8 amide bonds. The van der Waals surface area contributed by atoms with Gasteiger partial charge in [0, 0.05) is 36.4 Å². The van der Waals surface area contributed by atoms with Crippen LogP contribution in [0.4, 0.5) is 0 Å². The molecule has 0 unspecified atom stereocenters. The first-order valence-corrected chi connectivity index (χ1v) is 22.2. The van der Waals surface area contributed by atoms with Gasteiger partial charge < -0.3 is 85.1 Å². The summed E-state index contributed by atoms with van der Waals surface area (Å²) in [6.07, 6.45) is 0.789. The largest absolute Gasteiger partial charge is 0.480 e. The number of carboxylic acids is 1. The summed E-state index contributed by atoms with van der Waals surface area (Å²) >= 11 is 7.88. The van der Waals surface area contributed by atoms with Crippen molar-refractivity contribution in [3.05, 3.63) is 18.2 Å². The number of aromatic amines is 1. The Morgan fingerprint density at radius 2 is 1.07 bits per heavy atom. The minimum absolute atomic E-state index is 0.0281. The average molecular weight is 991 g/mol. The number of guanidine groups is 1. The van der Waals surface area contributed by atoms with E-state index in [4.69, 9.17) is 17.2 Å². The number of aliphatic imine (C=N–C) groups is 1. The molecule has 0 spiro atoms. The van der Waals surface area contributed by atoms with Crippen molar-refractivity contribution in [1.82, 2.24) is 52.5 Å². The number of carbonyl (C=O) groups is 9. The Balaban J connectivity index is 3.32. The fraction of sp³-hybridized carbons (Fsp3) is 0.658. The van der Waals surface area contributed by atoms with E-state index in [1.54, 1.807) is 27.7 Å². The van der Waals surface area contributed by atoms with Crippen LogP contribution in [0.15, 0.2) is 17.5 Å². The lowest BCUT2D eigenvalue weighted by molar-refractivity contribution is -0.142. The molecule has 1 rings (SSSR count). The third-order valence-electron chi connectivity index (χ3n) is 9.71. The number of nitrogens with one attached hydrogen (secondary N) is 9. The van der Waals surface area contributed by atoms with E-state index in [9.17, 15) is 63.6 Å². The number of hydrogen-bond acceptors (Lipinski definition) is 17. The maximum atomic E-state index is 13.9. The molecule has 0 aliphatic carbocycles. The van der Waals surface area contributed by atoms with Crippen molar-refractivity contribution < 1.29 is 63.6 Å². The molecule has 10 atom stereocenters. The van der Waals surface area contributed by atoms with Gasteiger partial charge in [0.25, 0.3) is 0 Å². The highest BCUT2D eigenvalue weighted by molar-refractivity contribution is 7.80. The zero-order chi connectivity index (χ0) is 51.1. The smallest absolute Gasteiger partial charge is 0.327 e. The first-order chi connectivity index (χ1) is 31.4. The topological polar surface area (TPSA) is 450 Å². The summed E-state index contributed by atoms with van der Waals surface area (Å²) in [6.45, 7) is 5.35. The highest BCUT2D eigenvalue weighted by Gasteiger charge is 2.36. The summed E-state index contributed by atoms with van der Waals surface area (Å²) in [5.74, 6) is -11.0. The first kappa shape index (κ1) is 59.3. The quantitative estimate of drug-likeness (QED) is 0.0147. The molecule has 1 aromatic heterocycles. The summed E-state index contributed by atoms with van der Waals surface area (Å²) in [4.78, 5) is 129. The average Bonchev–Trinajstić information content (AvgIpc) is 3.79. The van der Waals surface area contributed by atoms with Gasteiger partial charge in [-0.25, -0.2) is 9.78 Å². The minimum atomic E-state index is -1.81. The van der Waals surface area contributed by atoms with Crippen molar-refractivity contribution >= 4 is 84.4 Å². The van der Waals surface area contributed by atoms with Crippen molar-refractivity contribution in [2.24, 2.45) is 34.0 Å². The molecule has 0 aromatic carbocycles. The lowest BCUT2D eigenvalue weighted by Gasteiger charge is -2.29. The number of hydrogen-bond donors (Lipinski definition) is 18. The van der Waals surface area contributed by atoms with E-state index < -0.39 is 139 Å². The molecule has 1 heterocycles. The summed E-state index contributed by atoms with van der Waals surface area (Å²) in [6, 6.07) is -13.3. The lowest BCUT2D eigenvalue weighted by Crippen LogP contribution is -2.62. The van der Waals surface area contributed by atoms with E-state index in [0.717, 1.165) is 0 Å². The summed E-state index contributed by atoms with van der Waals surface area (Å²) in [5, 5.41) is 58.9. The molecule has 0 saturated heterocycles. The number of aliphatic hydroxyl groups is 3. The van der Waals surface area contributed by atoms with Gasteiger partial charge in [0.1, 0.15) is 48.3 Å². The molecule has 29 heteroatoms. The molecule has 378 valence electrons. The van der Waals surface area contributed by atoms with Gasteiger partial charge in [-0.1, -0.05) is 27.7 Å². The van der Waals surface area contributed by atoms with Gasteiger partial charge in [0.15, 0.2) is 5.96 Å². The number of carbonyl (C=O) groups excluding carboxylic acids is 8. The summed E-state index contributed by atoms with van der Waals surface area (Å²) in [5.41, 5.74) is 16.9. The van der Waals surface area contributed by atoms with Crippen LogP contribution in [0.5, 0.6) is 0 Å². The molecule has 1 aromatic rings. The van der Waals surface area contributed by atoms with Crippen LogP contribution in [0.2, 0.25) is 0 Å². The number of carboxylic acid groups (broad SMARTS) is 1. The molecule has 27 nitrogen and oxygen atoms in total. The normalized spacial score (nSPS) is 15.7. The molecule has 0 radical (unpaired) electrons. The number of aliphatic carboxylic acids is 1. The zero-order valence-electron chi connectivity index (χ0n) is 37.7. The van der Waals surface area contributed by atoms with E-state index in [1.165, 1.54) is 19.4 Å². The van der Waals surface area contributed by atoms with E-state index >= 15 is 0 Å². The third-order valence-corrected chi connectivity index (χ3v) is 10.5. The predicted molar refractivity (Wildman–Crippen MR) is 246 cm³/mol. The number of aromatic nitrogens is 2. The van der Waals surface area contributed by atoms with Crippen LogP contribution in [0.1, 0.15) is 53.2 Å². The molecule has 0 fully saturated rings. The predicted octanol–water partition coefficient (Wildman–Crippen LogP) is -7.17. The third kappa shape index (κ3) is 20.3. The van der Waals surface area contributed by atoms with Crippen molar-refractivity contribution in [2.45, 2.75) is 114 Å². The molecular formula is C38H66N14O13S2. The van der Waals surface area contributed by atoms with Crippen LogP contribution >= 0.6 is 25.3 Å². The number of thiol groups is 2. The van der Waals surface area contributed by atoms with E-state index in [0.29, 0.717) is 5.69 Å². The minimum Gasteiger partial charge on any atom is -0.480 e. The number of nitrogens with two attached hydrogens (primary N) is 3. The van der Waals surface area contributed by atoms with Crippen molar-refractivity contribution in [3.8, 4) is 0 Å². The Labute approximate surface area is 397 Å². The number of amides is 8. The van der Waals surface area contributed by atoms with Crippen LogP contribution in [-0.2, 0) is 49.6 Å². The Bertz CT molecular complexity index is 1850. The second kappa shape index (κ2) is 29.8. The van der Waals surface area contributed by atoms with Crippen molar-refractivity contribution in [1.29, 1.82) is 0 Å². The highest BCUT2D eigenvalue weighted by atomic mass is 32.1. The molecular weight excluding hydrogens is 925 g/mol. The van der Waals surface area contributed by atoms with Gasteiger partial charge in [-0.3, -0.25) is 43.3 Å². The maximum absolute atomic E-state index is 13.9. The Kier molecular flexibility index (Phi) is 26.4. The van der Waals surface area contributed by atoms with E-state index in [-0.39, 0.29) is 43.3 Å². The zero-order valence-corrected chi connectivity index (χ0v) is 39.5. The van der Waals surface area contributed by atoms with Gasteiger partial charge in [-0.2, -0.15) is 25.3 Å². The molecule has 0 aliphatic rings. The lowest BCUT2D eigenvalue weighted by atomic mass is 9.99. The highest BCUT2D eigenvalue weighted by Crippen LogP contribution is 2.09. The first-order valence-electron chi connectivity index (χ1n) is 21.0. The molecule has 0 bridgehead atoms. The maximum Gasteiger partial charge on any atom is 0.327 e.